The number of fused-ring (bicyclic) bond motifs is 1. The number of hydrogen-bond acceptors (Lipinski definition) is 3. The van der Waals surface area contributed by atoms with Crippen LogP contribution in [0, 0.1) is 18.6 Å². The van der Waals surface area contributed by atoms with Crippen molar-refractivity contribution in [2.24, 2.45) is 0 Å². The van der Waals surface area contributed by atoms with Crippen molar-refractivity contribution in [3.05, 3.63) is 45.8 Å². The van der Waals surface area contributed by atoms with E-state index in [1.54, 1.807) is 11.6 Å². The predicted octanol–water partition coefficient (Wildman–Crippen LogP) is 3.01. The van der Waals surface area contributed by atoms with E-state index < -0.39 is 17.1 Å². The Balaban J connectivity index is 2.49. The van der Waals surface area contributed by atoms with E-state index in [-0.39, 0.29) is 17.0 Å². The van der Waals surface area contributed by atoms with E-state index in [1.165, 1.54) is 13.2 Å². The summed E-state index contributed by atoms with van der Waals surface area (Å²) >= 11 is 0. The zero-order valence-electron chi connectivity index (χ0n) is 12.9. The molecule has 0 amide bonds. The Morgan fingerprint density at radius 3 is 2.52 bits per heavy atom. The highest BCUT2D eigenvalue weighted by molar-refractivity contribution is 5.84. The van der Waals surface area contributed by atoms with Gasteiger partial charge in [-0.15, -0.1) is 0 Å². The molecule has 1 aromatic carbocycles. The maximum Gasteiger partial charge on any atom is 0.235 e. The molecule has 3 aromatic rings. The first kappa shape index (κ1) is 15.2. The lowest BCUT2D eigenvalue weighted by molar-refractivity contribution is 0.411. The lowest BCUT2D eigenvalue weighted by Gasteiger charge is -2.11. The van der Waals surface area contributed by atoms with Crippen LogP contribution in [0.3, 0.4) is 0 Å². The third-order valence-electron chi connectivity index (χ3n) is 3.75. The fourth-order valence-corrected chi connectivity index (χ4v) is 2.72. The molecule has 2 heterocycles. The van der Waals surface area contributed by atoms with Crippen molar-refractivity contribution in [3.63, 3.8) is 0 Å². The lowest BCUT2D eigenvalue weighted by Crippen LogP contribution is -2.11. The summed E-state index contributed by atoms with van der Waals surface area (Å²) in [5.41, 5.74) is 0.131. The number of hydrogen-bond donors (Lipinski definition) is 1. The number of aromatic nitrogens is 3. The van der Waals surface area contributed by atoms with Gasteiger partial charge in [0.2, 0.25) is 5.43 Å². The summed E-state index contributed by atoms with van der Waals surface area (Å²) in [7, 11) is 1.29. The fourth-order valence-electron chi connectivity index (χ4n) is 2.72. The highest BCUT2D eigenvalue weighted by atomic mass is 19.1. The van der Waals surface area contributed by atoms with Crippen molar-refractivity contribution < 1.29 is 13.5 Å². The first-order chi connectivity index (χ1) is 11.0. The molecular formula is C16H15F2N3O2. The summed E-state index contributed by atoms with van der Waals surface area (Å²) in [6.07, 6.45) is 0. The molecule has 7 heteroatoms. The van der Waals surface area contributed by atoms with Gasteiger partial charge in [0.15, 0.2) is 5.75 Å². The average molecular weight is 319 g/mol. The van der Waals surface area contributed by atoms with Gasteiger partial charge in [0, 0.05) is 6.54 Å². The van der Waals surface area contributed by atoms with Crippen molar-refractivity contribution in [1.29, 1.82) is 0 Å². The van der Waals surface area contributed by atoms with Crippen molar-refractivity contribution in [2.45, 2.75) is 20.4 Å². The van der Waals surface area contributed by atoms with Gasteiger partial charge in [-0.25, -0.2) is 13.5 Å². The molecule has 23 heavy (non-hydrogen) atoms. The number of nitrogens with zero attached hydrogens (tertiary/aromatic N) is 2. The number of aromatic amines is 1. The van der Waals surface area contributed by atoms with Crippen LogP contribution in [0.25, 0.3) is 22.3 Å². The second kappa shape index (κ2) is 5.49. The first-order valence-corrected chi connectivity index (χ1v) is 7.11. The van der Waals surface area contributed by atoms with Crippen LogP contribution in [-0.2, 0) is 6.54 Å². The van der Waals surface area contributed by atoms with Crippen molar-refractivity contribution >= 4 is 11.0 Å². The second-order valence-corrected chi connectivity index (χ2v) is 5.08. The minimum atomic E-state index is -0.780. The van der Waals surface area contributed by atoms with Crippen molar-refractivity contribution in [3.8, 4) is 17.0 Å². The number of ether oxygens (including phenoxy) is 1. The van der Waals surface area contributed by atoms with Crippen LogP contribution >= 0.6 is 0 Å². The number of methoxy groups -OCH3 is 1. The Morgan fingerprint density at radius 2 is 1.96 bits per heavy atom. The van der Waals surface area contributed by atoms with Crippen LogP contribution in [0.1, 0.15) is 12.6 Å². The highest BCUT2D eigenvalue weighted by Gasteiger charge is 2.23. The summed E-state index contributed by atoms with van der Waals surface area (Å²) in [6, 6.07) is 3.52. The molecule has 0 atom stereocenters. The molecule has 5 nitrogen and oxygen atoms in total. The van der Waals surface area contributed by atoms with Gasteiger partial charge in [-0.05, 0) is 26.0 Å². The van der Waals surface area contributed by atoms with Gasteiger partial charge in [-0.1, -0.05) is 6.07 Å². The van der Waals surface area contributed by atoms with E-state index in [0.717, 1.165) is 12.1 Å². The number of pyridine rings is 1. The molecule has 0 aliphatic heterocycles. The predicted molar refractivity (Wildman–Crippen MR) is 82.7 cm³/mol. The van der Waals surface area contributed by atoms with Gasteiger partial charge in [0.25, 0.3) is 0 Å². The number of H-pyrrole nitrogens is 1. The summed E-state index contributed by atoms with van der Waals surface area (Å²) in [6.45, 7) is 4.07. The molecule has 0 saturated carbocycles. The molecular weight excluding hydrogens is 304 g/mol. The maximum absolute atomic E-state index is 14.1. The smallest absolute Gasteiger partial charge is 0.235 e. The topological polar surface area (TPSA) is 59.9 Å². The molecule has 0 spiro atoms. The van der Waals surface area contributed by atoms with Crippen LogP contribution in [0.5, 0.6) is 5.75 Å². The largest absolute Gasteiger partial charge is 0.491 e. The highest BCUT2D eigenvalue weighted by Crippen LogP contribution is 2.32. The van der Waals surface area contributed by atoms with Crippen LogP contribution in [0.4, 0.5) is 8.78 Å². The van der Waals surface area contributed by atoms with Crippen LogP contribution in [-0.4, -0.2) is 21.9 Å². The van der Waals surface area contributed by atoms with Gasteiger partial charge in [-0.3, -0.25) is 4.79 Å². The molecule has 2 aromatic heterocycles. The summed E-state index contributed by atoms with van der Waals surface area (Å²) in [5.74, 6) is -1.70. The van der Waals surface area contributed by atoms with E-state index >= 15 is 0 Å². The third-order valence-corrected chi connectivity index (χ3v) is 3.75. The van der Waals surface area contributed by atoms with E-state index in [0.29, 0.717) is 23.3 Å². The molecule has 0 aliphatic rings. The standard InChI is InChI=1S/C16H15F2N3O2/c1-4-21-16-11(8(2)20-21)14(22)15(23-3)13(19-16)12-9(17)6-5-7-10(12)18/h5-7H,4H2,1-3H3,(H,19,22). The van der Waals surface area contributed by atoms with E-state index in [2.05, 4.69) is 10.1 Å². The number of benzene rings is 1. The Morgan fingerprint density at radius 1 is 1.30 bits per heavy atom. The van der Waals surface area contributed by atoms with Crippen molar-refractivity contribution in [1.82, 2.24) is 14.8 Å². The third kappa shape index (κ3) is 2.19. The van der Waals surface area contributed by atoms with Gasteiger partial charge in [0.1, 0.15) is 17.3 Å². The summed E-state index contributed by atoms with van der Waals surface area (Å²) in [5, 5.41) is 4.62. The van der Waals surface area contributed by atoms with Gasteiger partial charge < -0.3 is 9.72 Å². The van der Waals surface area contributed by atoms with Gasteiger partial charge >= 0.3 is 0 Å². The Labute approximate surface area is 130 Å². The molecule has 120 valence electrons. The monoisotopic (exact) mass is 319 g/mol. The SMILES string of the molecule is CCn1nc(C)c2c(=O)c(OC)c(-c3c(F)cccc3F)[nH]c21. The molecule has 0 bridgehead atoms. The van der Waals surface area contributed by atoms with E-state index in [1.807, 2.05) is 6.92 Å². The fraction of sp³-hybridized carbons (Fsp3) is 0.250. The van der Waals surface area contributed by atoms with Gasteiger partial charge in [-0.2, -0.15) is 5.10 Å². The maximum atomic E-state index is 14.1. The van der Waals surface area contributed by atoms with E-state index in [9.17, 15) is 13.6 Å². The molecule has 3 rings (SSSR count). The normalized spacial score (nSPS) is 11.2. The molecule has 0 radical (unpaired) electrons. The molecule has 0 aliphatic carbocycles. The Bertz CT molecular complexity index is 940. The summed E-state index contributed by atoms with van der Waals surface area (Å²) in [4.78, 5) is 15.6. The zero-order chi connectivity index (χ0) is 16.7. The summed E-state index contributed by atoms with van der Waals surface area (Å²) < 4.78 is 35.0. The van der Waals surface area contributed by atoms with Crippen LogP contribution in [0.15, 0.2) is 23.0 Å². The Kier molecular flexibility index (Phi) is 3.63. The van der Waals surface area contributed by atoms with Gasteiger partial charge in [0.05, 0.1) is 29.4 Å². The lowest BCUT2D eigenvalue weighted by atomic mass is 10.1. The minimum Gasteiger partial charge on any atom is -0.491 e. The first-order valence-electron chi connectivity index (χ1n) is 7.11. The second-order valence-electron chi connectivity index (χ2n) is 5.08. The molecule has 0 unspecified atom stereocenters. The number of halogens is 2. The van der Waals surface area contributed by atoms with Crippen LogP contribution in [0.2, 0.25) is 0 Å². The zero-order valence-corrected chi connectivity index (χ0v) is 12.9. The van der Waals surface area contributed by atoms with Crippen LogP contribution < -0.4 is 10.2 Å². The van der Waals surface area contributed by atoms with E-state index in [4.69, 9.17) is 4.74 Å². The minimum absolute atomic E-state index is 0.0322. The average Bonchev–Trinajstić information content (AvgIpc) is 2.83. The molecule has 1 N–H and O–H groups in total. The quantitative estimate of drug-likeness (QED) is 0.807. The molecule has 0 fully saturated rings. The number of nitrogens with one attached hydrogen (secondary N) is 1. The molecule has 0 saturated heterocycles. The Hall–Kier alpha value is -2.70. The van der Waals surface area contributed by atoms with Crippen molar-refractivity contribution in [2.75, 3.05) is 7.11 Å². The number of aryl methyl sites for hydroxylation is 2. The number of rotatable bonds is 3.